The second-order valence-electron chi connectivity index (χ2n) is 2.97. The van der Waals surface area contributed by atoms with Crippen molar-refractivity contribution < 1.29 is 13.2 Å². The standard InChI is InChI=1S/C8H14ClN3O3S/c9-2-5-15-4-1-3-12-16(13,14)8-6-10-7-11-8/h6-7,12H,1-5H2,(H,10,11). The summed E-state index contributed by atoms with van der Waals surface area (Å²) in [5.74, 6) is 0.444. The molecule has 1 heterocycles. The highest BCUT2D eigenvalue weighted by molar-refractivity contribution is 7.89. The maximum absolute atomic E-state index is 11.5. The van der Waals surface area contributed by atoms with Gasteiger partial charge in [-0.3, -0.25) is 0 Å². The molecule has 0 bridgehead atoms. The number of nitrogens with zero attached hydrogens (tertiary/aromatic N) is 1. The normalized spacial score (nSPS) is 11.8. The highest BCUT2D eigenvalue weighted by Gasteiger charge is 2.13. The van der Waals surface area contributed by atoms with E-state index in [0.29, 0.717) is 32.1 Å². The van der Waals surface area contributed by atoms with Gasteiger partial charge in [0.1, 0.15) is 0 Å². The molecule has 92 valence electrons. The summed E-state index contributed by atoms with van der Waals surface area (Å²) >= 11 is 5.41. The number of hydrogen-bond donors (Lipinski definition) is 2. The second kappa shape index (κ2) is 6.85. The predicted octanol–water partition coefficient (Wildman–Crippen LogP) is 0.333. The second-order valence-corrected chi connectivity index (χ2v) is 5.08. The maximum atomic E-state index is 11.5. The molecule has 1 aromatic heterocycles. The molecular formula is C8H14ClN3O3S. The van der Waals surface area contributed by atoms with E-state index in [-0.39, 0.29) is 5.03 Å². The summed E-state index contributed by atoms with van der Waals surface area (Å²) < 4.78 is 30.6. The molecule has 0 amide bonds. The van der Waals surface area contributed by atoms with Crippen LogP contribution < -0.4 is 4.72 Å². The molecule has 0 fully saturated rings. The van der Waals surface area contributed by atoms with Crippen LogP contribution in [0.2, 0.25) is 0 Å². The molecule has 0 saturated heterocycles. The Bertz CT molecular complexity index is 379. The van der Waals surface area contributed by atoms with Gasteiger partial charge < -0.3 is 9.72 Å². The number of aromatic amines is 1. The lowest BCUT2D eigenvalue weighted by Gasteiger charge is -2.04. The highest BCUT2D eigenvalue weighted by Crippen LogP contribution is 2.01. The first kappa shape index (κ1) is 13.4. The molecule has 0 aliphatic carbocycles. The van der Waals surface area contributed by atoms with Crippen molar-refractivity contribution in [2.75, 3.05) is 25.6 Å². The lowest BCUT2D eigenvalue weighted by Crippen LogP contribution is -2.25. The minimum Gasteiger partial charge on any atom is -0.380 e. The molecular weight excluding hydrogens is 254 g/mol. The summed E-state index contributed by atoms with van der Waals surface area (Å²) in [6, 6.07) is 0. The third kappa shape index (κ3) is 4.48. The van der Waals surface area contributed by atoms with Crippen molar-refractivity contribution in [1.82, 2.24) is 14.7 Å². The first-order valence-electron chi connectivity index (χ1n) is 4.78. The zero-order chi connectivity index (χ0) is 11.9. The van der Waals surface area contributed by atoms with Crippen molar-refractivity contribution >= 4 is 21.6 Å². The topological polar surface area (TPSA) is 84.1 Å². The van der Waals surface area contributed by atoms with E-state index in [1.807, 2.05) is 0 Å². The van der Waals surface area contributed by atoms with Crippen LogP contribution in [0.1, 0.15) is 6.42 Å². The number of nitrogens with one attached hydrogen (secondary N) is 2. The van der Waals surface area contributed by atoms with Crippen molar-refractivity contribution in [3.8, 4) is 0 Å². The number of rotatable bonds is 8. The minimum absolute atomic E-state index is 0.0641. The summed E-state index contributed by atoms with van der Waals surface area (Å²) in [6.07, 6.45) is 3.18. The van der Waals surface area contributed by atoms with Crippen molar-refractivity contribution in [3.05, 3.63) is 12.5 Å². The number of alkyl halides is 1. The van der Waals surface area contributed by atoms with Gasteiger partial charge in [-0.15, -0.1) is 11.6 Å². The first-order chi connectivity index (χ1) is 7.67. The van der Waals surface area contributed by atoms with Crippen molar-refractivity contribution in [2.24, 2.45) is 0 Å². The quantitative estimate of drug-likeness (QED) is 0.525. The molecule has 0 atom stereocenters. The third-order valence-corrected chi connectivity index (χ3v) is 3.28. The lowest BCUT2D eigenvalue weighted by atomic mass is 10.5. The molecule has 0 aliphatic heterocycles. The van der Waals surface area contributed by atoms with Crippen molar-refractivity contribution in [1.29, 1.82) is 0 Å². The van der Waals surface area contributed by atoms with E-state index in [4.69, 9.17) is 16.3 Å². The van der Waals surface area contributed by atoms with Crippen LogP contribution in [0.25, 0.3) is 0 Å². The van der Waals surface area contributed by atoms with Crippen LogP contribution in [-0.2, 0) is 14.8 Å². The monoisotopic (exact) mass is 267 g/mol. The van der Waals surface area contributed by atoms with Crippen molar-refractivity contribution in [3.63, 3.8) is 0 Å². The van der Waals surface area contributed by atoms with Crippen molar-refractivity contribution in [2.45, 2.75) is 11.4 Å². The fraction of sp³-hybridized carbons (Fsp3) is 0.625. The van der Waals surface area contributed by atoms with Gasteiger partial charge in [0.15, 0.2) is 5.03 Å². The number of halogens is 1. The molecule has 0 radical (unpaired) electrons. The minimum atomic E-state index is -3.46. The first-order valence-corrected chi connectivity index (χ1v) is 6.80. The number of sulfonamides is 1. The molecule has 6 nitrogen and oxygen atoms in total. The molecule has 8 heteroatoms. The summed E-state index contributed by atoms with van der Waals surface area (Å²) in [5, 5.41) is 0.0641. The van der Waals surface area contributed by atoms with Gasteiger partial charge in [0.25, 0.3) is 10.0 Å². The molecule has 16 heavy (non-hydrogen) atoms. The zero-order valence-electron chi connectivity index (χ0n) is 8.65. The van der Waals surface area contributed by atoms with E-state index in [1.165, 1.54) is 12.5 Å². The van der Waals surface area contributed by atoms with Gasteiger partial charge in [0.2, 0.25) is 0 Å². The van der Waals surface area contributed by atoms with Crippen LogP contribution in [0.5, 0.6) is 0 Å². The van der Waals surface area contributed by atoms with Gasteiger partial charge in [-0.1, -0.05) is 0 Å². The van der Waals surface area contributed by atoms with Crippen LogP contribution >= 0.6 is 11.6 Å². The van der Waals surface area contributed by atoms with Gasteiger partial charge in [0.05, 0.1) is 19.1 Å². The van der Waals surface area contributed by atoms with Crippen LogP contribution in [-0.4, -0.2) is 44.0 Å². The average molecular weight is 268 g/mol. The van der Waals surface area contributed by atoms with E-state index < -0.39 is 10.0 Å². The number of ether oxygens (including phenoxy) is 1. The Morgan fingerprint density at radius 2 is 2.31 bits per heavy atom. The molecule has 1 aromatic rings. The van der Waals surface area contributed by atoms with E-state index >= 15 is 0 Å². The van der Waals surface area contributed by atoms with Gasteiger partial charge in [0, 0.05) is 19.0 Å². The number of imidazole rings is 1. The van der Waals surface area contributed by atoms with Crippen LogP contribution in [0, 0.1) is 0 Å². The van der Waals surface area contributed by atoms with Gasteiger partial charge in [-0.25, -0.2) is 18.1 Å². The largest absolute Gasteiger partial charge is 0.380 e. The Kier molecular flexibility index (Phi) is 5.75. The number of H-pyrrole nitrogens is 1. The maximum Gasteiger partial charge on any atom is 0.257 e. The fourth-order valence-corrected chi connectivity index (χ4v) is 2.09. The molecule has 2 N–H and O–H groups in total. The fourth-order valence-electron chi connectivity index (χ4n) is 1.01. The molecule has 0 saturated carbocycles. The summed E-state index contributed by atoms with van der Waals surface area (Å²) in [6.45, 7) is 1.29. The smallest absolute Gasteiger partial charge is 0.257 e. The Morgan fingerprint density at radius 3 is 2.94 bits per heavy atom. The molecule has 1 rings (SSSR count). The molecule has 0 aliphatic rings. The average Bonchev–Trinajstić information content (AvgIpc) is 2.77. The molecule has 0 unspecified atom stereocenters. The highest BCUT2D eigenvalue weighted by atomic mass is 35.5. The summed E-state index contributed by atoms with van der Waals surface area (Å²) in [4.78, 5) is 6.17. The third-order valence-electron chi connectivity index (χ3n) is 1.74. The van der Waals surface area contributed by atoms with Gasteiger partial charge in [-0.2, -0.15) is 0 Å². The van der Waals surface area contributed by atoms with Crippen LogP contribution in [0.15, 0.2) is 17.6 Å². The van der Waals surface area contributed by atoms with E-state index in [0.717, 1.165) is 0 Å². The molecule has 0 spiro atoms. The predicted molar refractivity (Wildman–Crippen MR) is 59.9 cm³/mol. The Morgan fingerprint density at radius 1 is 1.50 bits per heavy atom. The zero-order valence-corrected chi connectivity index (χ0v) is 10.2. The van der Waals surface area contributed by atoms with E-state index in [1.54, 1.807) is 0 Å². The molecule has 0 aromatic carbocycles. The summed E-state index contributed by atoms with van der Waals surface area (Å²) in [5.41, 5.74) is 0. The Hall–Kier alpha value is -0.630. The summed E-state index contributed by atoms with van der Waals surface area (Å²) in [7, 11) is -3.46. The van der Waals surface area contributed by atoms with Crippen LogP contribution in [0.4, 0.5) is 0 Å². The Balaban J connectivity index is 2.22. The number of aromatic nitrogens is 2. The van der Waals surface area contributed by atoms with Gasteiger partial charge >= 0.3 is 0 Å². The lowest BCUT2D eigenvalue weighted by molar-refractivity contribution is 0.147. The number of hydrogen-bond acceptors (Lipinski definition) is 4. The SMILES string of the molecule is O=S(=O)(NCCCOCCCl)c1cnc[nH]1. The van der Waals surface area contributed by atoms with Crippen LogP contribution in [0.3, 0.4) is 0 Å². The Labute approximate surface area is 99.4 Å². The van der Waals surface area contributed by atoms with Gasteiger partial charge in [-0.05, 0) is 6.42 Å². The van der Waals surface area contributed by atoms with E-state index in [9.17, 15) is 8.42 Å². The van der Waals surface area contributed by atoms with E-state index in [2.05, 4.69) is 14.7 Å².